The molecule has 0 radical (unpaired) electrons. The third-order valence-electron chi connectivity index (χ3n) is 5.56. The summed E-state index contributed by atoms with van der Waals surface area (Å²) in [5.41, 5.74) is 11.6. The summed E-state index contributed by atoms with van der Waals surface area (Å²) in [7, 11) is 0. The van der Waals surface area contributed by atoms with E-state index in [0.717, 1.165) is 27.4 Å². The highest BCUT2D eigenvalue weighted by Crippen LogP contribution is 2.36. The van der Waals surface area contributed by atoms with Crippen molar-refractivity contribution in [2.24, 2.45) is 5.73 Å². The van der Waals surface area contributed by atoms with Crippen LogP contribution >= 0.6 is 11.6 Å². The Bertz CT molecular complexity index is 1400. The number of carbonyl (C=O) groups excluding carboxylic acids is 1. The Balaban J connectivity index is 1.79. The molecule has 0 aliphatic rings. The number of halogens is 1. The van der Waals surface area contributed by atoms with Gasteiger partial charge in [0.1, 0.15) is 0 Å². The Morgan fingerprint density at radius 2 is 1.57 bits per heavy atom. The Hall–Kier alpha value is -3.56. The predicted molar refractivity (Wildman–Crippen MR) is 124 cm³/mol. The fraction of sp³-hybridized carbons (Fsp3) is 0.0385. The van der Waals surface area contributed by atoms with E-state index in [1.54, 1.807) is 6.07 Å². The van der Waals surface area contributed by atoms with E-state index < -0.39 is 5.91 Å². The van der Waals surface area contributed by atoms with Gasteiger partial charge in [-0.1, -0.05) is 84.4 Å². The Morgan fingerprint density at radius 1 is 0.833 bits per heavy atom. The van der Waals surface area contributed by atoms with Crippen LogP contribution in [0.1, 0.15) is 15.9 Å². The van der Waals surface area contributed by atoms with Crippen molar-refractivity contribution < 1.29 is 4.79 Å². The molecule has 3 nitrogen and oxygen atoms in total. The lowest BCUT2D eigenvalue weighted by Gasteiger charge is -2.13. The van der Waals surface area contributed by atoms with Crippen LogP contribution in [0.4, 0.5) is 0 Å². The topological polar surface area (TPSA) is 48.0 Å². The third kappa shape index (κ3) is 2.95. The highest BCUT2D eigenvalue weighted by Gasteiger charge is 2.19. The molecule has 1 amide bonds. The first-order valence-corrected chi connectivity index (χ1v) is 10.2. The lowest BCUT2D eigenvalue weighted by Crippen LogP contribution is -2.11. The van der Waals surface area contributed by atoms with E-state index in [-0.39, 0.29) is 0 Å². The molecule has 2 N–H and O–H groups in total. The van der Waals surface area contributed by atoms with Crippen LogP contribution in [0.5, 0.6) is 0 Å². The first kappa shape index (κ1) is 18.5. The number of hydrogen-bond donors (Lipinski definition) is 1. The van der Waals surface area contributed by atoms with Crippen LogP contribution in [-0.2, 0) is 6.54 Å². The third-order valence-corrected chi connectivity index (χ3v) is 5.86. The van der Waals surface area contributed by atoms with Crippen molar-refractivity contribution in [3.8, 4) is 11.1 Å². The van der Waals surface area contributed by atoms with Crippen LogP contribution in [0.15, 0.2) is 91.0 Å². The second-order valence-corrected chi connectivity index (χ2v) is 7.72. The maximum Gasteiger partial charge on any atom is 0.249 e. The summed E-state index contributed by atoms with van der Waals surface area (Å²) < 4.78 is 2.18. The van der Waals surface area contributed by atoms with Crippen LogP contribution in [0, 0.1) is 0 Å². The van der Waals surface area contributed by atoms with Crippen LogP contribution in [0.3, 0.4) is 0 Å². The van der Waals surface area contributed by atoms with Crippen molar-refractivity contribution in [3.05, 3.63) is 107 Å². The number of nitrogens with zero attached hydrogens (tertiary/aromatic N) is 1. The minimum absolute atomic E-state index is 0.440. The number of amides is 1. The number of benzene rings is 4. The molecule has 0 fully saturated rings. The molecule has 1 aromatic heterocycles. The molecule has 0 saturated carbocycles. The zero-order valence-corrected chi connectivity index (χ0v) is 16.9. The number of para-hydroxylation sites is 1. The Labute approximate surface area is 179 Å². The van der Waals surface area contributed by atoms with Gasteiger partial charge in [0.05, 0.1) is 16.1 Å². The fourth-order valence-corrected chi connectivity index (χ4v) is 4.53. The molecule has 1 heterocycles. The number of aromatic nitrogens is 1. The van der Waals surface area contributed by atoms with Gasteiger partial charge in [0.2, 0.25) is 5.91 Å². The van der Waals surface area contributed by atoms with E-state index in [2.05, 4.69) is 34.9 Å². The zero-order valence-electron chi connectivity index (χ0n) is 16.2. The van der Waals surface area contributed by atoms with Gasteiger partial charge in [-0.05, 0) is 34.9 Å². The van der Waals surface area contributed by atoms with Gasteiger partial charge < -0.3 is 10.3 Å². The molecule has 4 heteroatoms. The van der Waals surface area contributed by atoms with Crippen LogP contribution < -0.4 is 5.73 Å². The molecule has 0 aliphatic carbocycles. The van der Waals surface area contributed by atoms with Crippen LogP contribution in [-0.4, -0.2) is 10.5 Å². The molecule has 0 atom stereocenters. The molecule has 0 unspecified atom stereocenters. The van der Waals surface area contributed by atoms with E-state index in [9.17, 15) is 4.79 Å². The summed E-state index contributed by atoms with van der Waals surface area (Å²) in [6.45, 7) is 0.622. The molecular formula is C26H19ClN2O. The number of nitrogens with two attached hydrogens (primary N) is 1. The van der Waals surface area contributed by atoms with E-state index in [1.165, 1.54) is 11.1 Å². The van der Waals surface area contributed by atoms with E-state index in [4.69, 9.17) is 17.3 Å². The highest BCUT2D eigenvalue weighted by molar-refractivity contribution is 6.37. The normalized spacial score (nSPS) is 11.2. The molecule has 0 aliphatic heterocycles. The van der Waals surface area contributed by atoms with Gasteiger partial charge in [0, 0.05) is 22.9 Å². The van der Waals surface area contributed by atoms with Crippen LogP contribution in [0.25, 0.3) is 32.9 Å². The molecule has 30 heavy (non-hydrogen) atoms. The second-order valence-electron chi connectivity index (χ2n) is 7.31. The number of carbonyl (C=O) groups is 1. The molecule has 4 aromatic carbocycles. The molecule has 0 bridgehead atoms. The number of primary amides is 1. The quantitative estimate of drug-likeness (QED) is 0.373. The summed E-state index contributed by atoms with van der Waals surface area (Å²) >= 11 is 6.65. The van der Waals surface area contributed by atoms with Gasteiger partial charge in [0.15, 0.2) is 0 Å². The Morgan fingerprint density at radius 3 is 2.37 bits per heavy atom. The maximum atomic E-state index is 12.1. The first-order chi connectivity index (χ1) is 14.6. The highest BCUT2D eigenvalue weighted by atomic mass is 35.5. The average Bonchev–Trinajstić information content (AvgIpc) is 3.10. The summed E-state index contributed by atoms with van der Waals surface area (Å²) in [6.07, 6.45) is 0. The number of rotatable bonds is 4. The first-order valence-electron chi connectivity index (χ1n) is 9.77. The second kappa shape index (κ2) is 7.36. The smallest absolute Gasteiger partial charge is 0.249 e. The molecular weight excluding hydrogens is 392 g/mol. The average molecular weight is 411 g/mol. The van der Waals surface area contributed by atoms with Gasteiger partial charge in [-0.3, -0.25) is 4.79 Å². The van der Waals surface area contributed by atoms with E-state index in [1.807, 2.05) is 54.6 Å². The molecule has 5 aromatic rings. The van der Waals surface area contributed by atoms with Crippen molar-refractivity contribution in [1.29, 1.82) is 0 Å². The molecule has 0 spiro atoms. The number of fused-ring (bicyclic) bond motifs is 3. The minimum atomic E-state index is -0.440. The van der Waals surface area contributed by atoms with Crippen LogP contribution in [0.2, 0.25) is 5.02 Å². The van der Waals surface area contributed by atoms with Gasteiger partial charge in [-0.15, -0.1) is 0 Å². The zero-order chi connectivity index (χ0) is 20.7. The largest absolute Gasteiger partial charge is 0.366 e. The lowest BCUT2D eigenvalue weighted by atomic mass is 9.99. The Kier molecular flexibility index (Phi) is 4.53. The van der Waals surface area contributed by atoms with Crippen molar-refractivity contribution in [1.82, 2.24) is 4.57 Å². The van der Waals surface area contributed by atoms with Gasteiger partial charge >= 0.3 is 0 Å². The maximum absolute atomic E-state index is 12.1. The number of hydrogen-bond acceptors (Lipinski definition) is 1. The fourth-order valence-electron chi connectivity index (χ4n) is 4.26. The summed E-state index contributed by atoms with van der Waals surface area (Å²) in [5, 5.41) is 2.43. The molecule has 0 saturated heterocycles. The predicted octanol–water partition coefficient (Wildman–Crippen LogP) is 6.26. The lowest BCUT2D eigenvalue weighted by molar-refractivity contribution is 0.100. The summed E-state index contributed by atoms with van der Waals surface area (Å²) in [6, 6.07) is 30.1. The van der Waals surface area contributed by atoms with E-state index in [0.29, 0.717) is 17.1 Å². The van der Waals surface area contributed by atoms with Crippen molar-refractivity contribution in [3.63, 3.8) is 0 Å². The van der Waals surface area contributed by atoms with Gasteiger partial charge in [-0.2, -0.15) is 0 Å². The van der Waals surface area contributed by atoms with Gasteiger partial charge in [0.25, 0.3) is 0 Å². The van der Waals surface area contributed by atoms with Crippen molar-refractivity contribution >= 4 is 39.3 Å². The molecule has 146 valence electrons. The molecule has 5 rings (SSSR count). The SMILES string of the molecule is NC(=O)c1cccc2c1c1cccc(Cl)c1n2Cc1ccccc1-c1ccccc1. The van der Waals surface area contributed by atoms with Crippen molar-refractivity contribution in [2.75, 3.05) is 0 Å². The minimum Gasteiger partial charge on any atom is -0.366 e. The standard InChI is InChI=1S/C26H19ClN2O/c27-22-14-6-12-20-24-21(26(28)30)13-7-15-23(24)29(25(20)22)16-18-10-4-5-11-19(18)17-8-2-1-3-9-17/h1-15H,16H2,(H2,28,30). The summed E-state index contributed by atoms with van der Waals surface area (Å²) in [4.78, 5) is 12.1. The van der Waals surface area contributed by atoms with Crippen molar-refractivity contribution in [2.45, 2.75) is 6.54 Å². The van der Waals surface area contributed by atoms with E-state index >= 15 is 0 Å². The van der Waals surface area contributed by atoms with Gasteiger partial charge in [-0.25, -0.2) is 0 Å². The monoisotopic (exact) mass is 410 g/mol. The summed E-state index contributed by atoms with van der Waals surface area (Å²) in [5.74, 6) is -0.440.